The Morgan fingerprint density at radius 1 is 1.10 bits per heavy atom. The van der Waals surface area contributed by atoms with Crippen molar-refractivity contribution in [3.63, 3.8) is 0 Å². The molecule has 0 N–H and O–H groups in total. The van der Waals surface area contributed by atoms with Crippen LogP contribution in [0.15, 0.2) is 47.2 Å². The molecule has 0 saturated carbocycles. The number of nitrogens with zero attached hydrogens (tertiary/aromatic N) is 3. The summed E-state index contributed by atoms with van der Waals surface area (Å²) >= 11 is 1.32. The van der Waals surface area contributed by atoms with Crippen molar-refractivity contribution in [1.29, 1.82) is 0 Å². The van der Waals surface area contributed by atoms with Crippen molar-refractivity contribution in [1.82, 2.24) is 15.0 Å². The molecule has 0 aliphatic heterocycles. The van der Waals surface area contributed by atoms with Gasteiger partial charge in [-0.25, -0.2) is 4.68 Å². The average molecular weight is 309 g/mol. The summed E-state index contributed by atoms with van der Waals surface area (Å²) in [5.74, 6) is 0. The van der Waals surface area contributed by atoms with Crippen LogP contribution in [-0.2, 0) is 12.7 Å². The Hall–Kier alpha value is -2.15. The number of hydrogen-bond acceptors (Lipinski definition) is 3. The molecule has 0 aliphatic carbocycles. The number of alkyl halides is 3. The summed E-state index contributed by atoms with van der Waals surface area (Å²) in [6.07, 6.45) is -4.50. The van der Waals surface area contributed by atoms with E-state index in [2.05, 4.69) is 10.3 Å². The third-order valence-electron chi connectivity index (χ3n) is 2.97. The van der Waals surface area contributed by atoms with Gasteiger partial charge in [0, 0.05) is 10.9 Å². The molecule has 0 bridgehead atoms. The molecule has 7 heteroatoms. The Labute approximate surface area is 122 Å². The van der Waals surface area contributed by atoms with Crippen molar-refractivity contribution in [2.24, 2.45) is 0 Å². The van der Waals surface area contributed by atoms with Gasteiger partial charge in [-0.2, -0.15) is 24.5 Å². The van der Waals surface area contributed by atoms with Gasteiger partial charge in [-0.05, 0) is 17.0 Å². The fourth-order valence-corrected chi connectivity index (χ4v) is 2.69. The lowest BCUT2D eigenvalue weighted by Gasteiger charge is -2.10. The number of halogens is 3. The van der Waals surface area contributed by atoms with E-state index >= 15 is 0 Å². The molecule has 0 radical (unpaired) electrons. The Kier molecular flexibility index (Phi) is 3.50. The summed E-state index contributed by atoms with van der Waals surface area (Å²) in [6, 6.07) is 10.5. The second-order valence-corrected chi connectivity index (χ2v) is 5.22. The predicted octanol–water partition coefficient (Wildman–Crippen LogP) is 4.07. The molecular formula is C14H10F3N3S. The summed E-state index contributed by atoms with van der Waals surface area (Å²) < 4.78 is 40.9. The van der Waals surface area contributed by atoms with Gasteiger partial charge in [-0.3, -0.25) is 0 Å². The molecule has 0 aliphatic rings. The maximum Gasteiger partial charge on any atom is 0.435 e. The SMILES string of the molecule is FC(F)(F)c1c(-c2ccsc2)nnn1Cc1ccccc1. The van der Waals surface area contributed by atoms with E-state index in [0.29, 0.717) is 5.56 Å². The van der Waals surface area contributed by atoms with Crippen LogP contribution in [0.2, 0.25) is 0 Å². The quantitative estimate of drug-likeness (QED) is 0.730. The van der Waals surface area contributed by atoms with E-state index in [4.69, 9.17) is 0 Å². The van der Waals surface area contributed by atoms with Crippen molar-refractivity contribution in [3.8, 4) is 11.3 Å². The van der Waals surface area contributed by atoms with Crippen LogP contribution in [0.1, 0.15) is 11.3 Å². The first-order chi connectivity index (χ1) is 10.1. The smallest absolute Gasteiger partial charge is 0.235 e. The molecule has 0 atom stereocenters. The predicted molar refractivity (Wildman–Crippen MR) is 73.9 cm³/mol. The highest BCUT2D eigenvalue weighted by atomic mass is 32.1. The Morgan fingerprint density at radius 3 is 2.48 bits per heavy atom. The third kappa shape index (κ3) is 2.82. The lowest BCUT2D eigenvalue weighted by molar-refractivity contribution is -0.143. The van der Waals surface area contributed by atoms with Crippen molar-refractivity contribution in [2.45, 2.75) is 12.7 Å². The van der Waals surface area contributed by atoms with Gasteiger partial charge >= 0.3 is 6.18 Å². The topological polar surface area (TPSA) is 30.7 Å². The van der Waals surface area contributed by atoms with E-state index in [1.807, 2.05) is 6.07 Å². The van der Waals surface area contributed by atoms with Crippen LogP contribution in [0.3, 0.4) is 0 Å². The van der Waals surface area contributed by atoms with E-state index in [-0.39, 0.29) is 12.2 Å². The summed E-state index contributed by atoms with van der Waals surface area (Å²) in [7, 11) is 0. The van der Waals surface area contributed by atoms with Crippen LogP contribution in [-0.4, -0.2) is 15.0 Å². The van der Waals surface area contributed by atoms with Crippen molar-refractivity contribution < 1.29 is 13.2 Å². The molecule has 0 amide bonds. The number of thiophene rings is 1. The molecule has 3 nitrogen and oxygen atoms in total. The van der Waals surface area contributed by atoms with E-state index < -0.39 is 11.9 Å². The van der Waals surface area contributed by atoms with E-state index in [0.717, 1.165) is 10.2 Å². The van der Waals surface area contributed by atoms with Crippen LogP contribution < -0.4 is 0 Å². The summed E-state index contributed by atoms with van der Waals surface area (Å²) in [4.78, 5) is 0. The first-order valence-electron chi connectivity index (χ1n) is 6.13. The van der Waals surface area contributed by atoms with Crippen molar-refractivity contribution in [2.75, 3.05) is 0 Å². The molecule has 1 aromatic carbocycles. The van der Waals surface area contributed by atoms with Crippen molar-refractivity contribution >= 4 is 11.3 Å². The highest BCUT2D eigenvalue weighted by Crippen LogP contribution is 2.36. The Morgan fingerprint density at radius 2 is 1.86 bits per heavy atom. The van der Waals surface area contributed by atoms with Gasteiger partial charge in [0.1, 0.15) is 5.69 Å². The van der Waals surface area contributed by atoms with Gasteiger partial charge in [0.2, 0.25) is 0 Å². The minimum Gasteiger partial charge on any atom is -0.235 e. The molecular weight excluding hydrogens is 299 g/mol. The summed E-state index contributed by atoms with van der Waals surface area (Å²) in [5, 5.41) is 10.8. The molecule has 2 aromatic heterocycles. The summed E-state index contributed by atoms with van der Waals surface area (Å²) in [5.41, 5.74) is 0.237. The molecule has 108 valence electrons. The highest BCUT2D eigenvalue weighted by molar-refractivity contribution is 7.08. The standard InChI is InChI=1S/C14H10F3N3S/c15-14(16,17)13-12(11-6-7-21-9-11)18-19-20(13)8-10-4-2-1-3-5-10/h1-7,9H,8H2. The zero-order valence-electron chi connectivity index (χ0n) is 10.7. The Balaban J connectivity index is 2.05. The number of aromatic nitrogens is 3. The van der Waals surface area contributed by atoms with Gasteiger partial charge in [0.05, 0.1) is 6.54 Å². The van der Waals surface area contributed by atoms with Gasteiger partial charge < -0.3 is 0 Å². The minimum absolute atomic E-state index is 0.0345. The fourth-order valence-electron chi connectivity index (χ4n) is 2.05. The Bertz CT molecular complexity index is 718. The van der Waals surface area contributed by atoms with Crippen LogP contribution >= 0.6 is 11.3 Å². The molecule has 0 fully saturated rings. The second-order valence-electron chi connectivity index (χ2n) is 4.44. The largest absolute Gasteiger partial charge is 0.435 e. The first-order valence-corrected chi connectivity index (χ1v) is 7.07. The molecule has 3 aromatic rings. The maximum absolute atomic E-state index is 13.3. The van der Waals surface area contributed by atoms with Crippen LogP contribution in [0.4, 0.5) is 13.2 Å². The van der Waals surface area contributed by atoms with Gasteiger partial charge in [0.25, 0.3) is 0 Å². The van der Waals surface area contributed by atoms with Crippen molar-refractivity contribution in [3.05, 3.63) is 58.4 Å². The average Bonchev–Trinajstić information content (AvgIpc) is 3.07. The fraction of sp³-hybridized carbons (Fsp3) is 0.143. The molecule has 2 heterocycles. The molecule has 0 spiro atoms. The van der Waals surface area contributed by atoms with Gasteiger partial charge in [-0.15, -0.1) is 5.10 Å². The molecule has 3 rings (SSSR count). The van der Waals surface area contributed by atoms with Crippen LogP contribution in [0.5, 0.6) is 0 Å². The van der Waals surface area contributed by atoms with Gasteiger partial charge in [0.15, 0.2) is 5.69 Å². The summed E-state index contributed by atoms with van der Waals surface area (Å²) in [6.45, 7) is 0.0345. The number of hydrogen-bond donors (Lipinski definition) is 0. The zero-order valence-corrected chi connectivity index (χ0v) is 11.5. The number of rotatable bonds is 3. The number of benzene rings is 1. The van der Waals surface area contributed by atoms with E-state index in [9.17, 15) is 13.2 Å². The van der Waals surface area contributed by atoms with Gasteiger partial charge in [-0.1, -0.05) is 35.5 Å². The normalized spacial score (nSPS) is 11.8. The van der Waals surface area contributed by atoms with Crippen LogP contribution in [0.25, 0.3) is 11.3 Å². The van der Waals surface area contributed by atoms with E-state index in [1.165, 1.54) is 11.3 Å². The second kappa shape index (κ2) is 5.33. The maximum atomic E-state index is 13.3. The van der Waals surface area contributed by atoms with E-state index in [1.54, 1.807) is 41.1 Å². The molecule has 0 saturated heterocycles. The third-order valence-corrected chi connectivity index (χ3v) is 3.66. The highest BCUT2D eigenvalue weighted by Gasteiger charge is 2.39. The molecule has 0 unspecified atom stereocenters. The monoisotopic (exact) mass is 309 g/mol. The lowest BCUT2D eigenvalue weighted by Crippen LogP contribution is -2.16. The lowest BCUT2D eigenvalue weighted by atomic mass is 10.2. The van der Waals surface area contributed by atoms with Crippen LogP contribution in [0, 0.1) is 0 Å². The minimum atomic E-state index is -4.50. The molecule has 21 heavy (non-hydrogen) atoms. The first kappa shape index (κ1) is 13.8. The zero-order chi connectivity index (χ0) is 14.9.